The zero-order chi connectivity index (χ0) is 16.1. The molecular formula is C17H22N2O3. The van der Waals surface area contributed by atoms with Gasteiger partial charge < -0.3 is 19.8 Å². The quantitative estimate of drug-likeness (QED) is 0.888. The molecule has 2 rings (SSSR count). The summed E-state index contributed by atoms with van der Waals surface area (Å²) in [6.07, 6.45) is 0. The summed E-state index contributed by atoms with van der Waals surface area (Å²) in [5, 5.41) is 0. The van der Waals surface area contributed by atoms with Crippen LogP contribution in [-0.2, 0) is 11.3 Å². The van der Waals surface area contributed by atoms with Gasteiger partial charge in [-0.2, -0.15) is 0 Å². The number of nitrogens with two attached hydrogens (primary N) is 1. The maximum absolute atomic E-state index is 12.6. The first kappa shape index (κ1) is 16.3. The van der Waals surface area contributed by atoms with E-state index in [1.807, 2.05) is 37.3 Å². The number of ether oxygens (including phenoxy) is 2. The van der Waals surface area contributed by atoms with E-state index in [0.29, 0.717) is 18.7 Å². The average molecular weight is 302 g/mol. The van der Waals surface area contributed by atoms with E-state index in [1.54, 1.807) is 24.9 Å². The van der Waals surface area contributed by atoms with Crippen molar-refractivity contribution in [2.75, 3.05) is 20.8 Å². The van der Waals surface area contributed by atoms with Gasteiger partial charge in [-0.05, 0) is 48.9 Å². The number of hydrogen-bond donors (Lipinski definition) is 1. The Morgan fingerprint density at radius 3 is 2.36 bits per heavy atom. The van der Waals surface area contributed by atoms with Gasteiger partial charge in [-0.3, -0.25) is 4.79 Å². The van der Waals surface area contributed by atoms with Crippen molar-refractivity contribution in [2.24, 2.45) is 5.73 Å². The number of methoxy groups -OCH3 is 2. The van der Waals surface area contributed by atoms with Gasteiger partial charge in [0.25, 0.3) is 5.56 Å². The molecule has 0 saturated heterocycles. The maximum atomic E-state index is 12.6. The molecule has 118 valence electrons. The van der Waals surface area contributed by atoms with Gasteiger partial charge in [-0.25, -0.2) is 0 Å². The van der Waals surface area contributed by atoms with Crippen molar-refractivity contribution in [1.29, 1.82) is 0 Å². The first-order chi connectivity index (χ1) is 10.6. The van der Waals surface area contributed by atoms with Crippen LogP contribution >= 0.6 is 0 Å². The molecular weight excluding hydrogens is 280 g/mol. The molecule has 1 unspecified atom stereocenters. The Hall–Kier alpha value is -2.11. The van der Waals surface area contributed by atoms with Crippen LogP contribution in [0.2, 0.25) is 0 Å². The lowest BCUT2D eigenvalue weighted by Gasteiger charge is -2.16. The molecule has 22 heavy (non-hydrogen) atoms. The number of rotatable bonds is 6. The highest BCUT2D eigenvalue weighted by Crippen LogP contribution is 2.22. The molecule has 1 aromatic heterocycles. The summed E-state index contributed by atoms with van der Waals surface area (Å²) in [5.41, 5.74) is 8.20. The molecule has 0 radical (unpaired) electrons. The highest BCUT2D eigenvalue weighted by molar-refractivity contribution is 5.61. The van der Waals surface area contributed by atoms with E-state index in [0.717, 1.165) is 17.0 Å². The third kappa shape index (κ3) is 3.37. The summed E-state index contributed by atoms with van der Waals surface area (Å²) in [6, 6.07) is 11.0. The van der Waals surface area contributed by atoms with Crippen LogP contribution in [0.1, 0.15) is 18.5 Å². The van der Waals surface area contributed by atoms with Crippen LogP contribution in [0.5, 0.6) is 5.75 Å². The molecule has 1 heterocycles. The van der Waals surface area contributed by atoms with Gasteiger partial charge in [0.2, 0.25) is 0 Å². The first-order valence-corrected chi connectivity index (χ1v) is 7.21. The van der Waals surface area contributed by atoms with E-state index in [4.69, 9.17) is 15.2 Å². The second-order valence-electron chi connectivity index (χ2n) is 5.14. The second kappa shape index (κ2) is 7.24. The van der Waals surface area contributed by atoms with Crippen molar-refractivity contribution in [1.82, 2.24) is 4.57 Å². The molecule has 5 nitrogen and oxygen atoms in total. The fourth-order valence-electron chi connectivity index (χ4n) is 2.36. The highest BCUT2D eigenvalue weighted by Gasteiger charge is 2.13. The van der Waals surface area contributed by atoms with Crippen molar-refractivity contribution in [3.63, 3.8) is 0 Å². The van der Waals surface area contributed by atoms with E-state index < -0.39 is 0 Å². The summed E-state index contributed by atoms with van der Waals surface area (Å²) >= 11 is 0. The molecule has 5 heteroatoms. The van der Waals surface area contributed by atoms with Crippen LogP contribution in [0.4, 0.5) is 0 Å². The Kier molecular flexibility index (Phi) is 5.35. The fourth-order valence-corrected chi connectivity index (χ4v) is 2.36. The van der Waals surface area contributed by atoms with E-state index >= 15 is 0 Å². The topological polar surface area (TPSA) is 66.5 Å². The smallest absolute Gasteiger partial charge is 0.255 e. The van der Waals surface area contributed by atoms with Crippen molar-refractivity contribution in [2.45, 2.75) is 19.5 Å². The zero-order valence-corrected chi connectivity index (χ0v) is 13.2. The summed E-state index contributed by atoms with van der Waals surface area (Å²) in [6.45, 7) is 2.76. The Morgan fingerprint density at radius 2 is 1.82 bits per heavy atom. The van der Waals surface area contributed by atoms with Crippen LogP contribution in [0, 0.1) is 0 Å². The van der Waals surface area contributed by atoms with Crippen LogP contribution < -0.4 is 16.0 Å². The predicted octanol–water partition coefficient (Wildman–Crippen LogP) is 2.19. The predicted molar refractivity (Wildman–Crippen MR) is 87.2 cm³/mol. The zero-order valence-electron chi connectivity index (χ0n) is 13.2. The van der Waals surface area contributed by atoms with Gasteiger partial charge in [-0.1, -0.05) is 0 Å². The Labute approximate surface area is 130 Å². The molecule has 0 saturated carbocycles. The molecule has 0 fully saturated rings. The molecule has 0 spiro atoms. The van der Waals surface area contributed by atoms with E-state index in [-0.39, 0.29) is 11.6 Å². The van der Waals surface area contributed by atoms with Gasteiger partial charge in [0.05, 0.1) is 19.4 Å². The number of benzene rings is 1. The van der Waals surface area contributed by atoms with Crippen molar-refractivity contribution < 1.29 is 9.47 Å². The largest absolute Gasteiger partial charge is 0.497 e. The maximum Gasteiger partial charge on any atom is 0.255 e. The number of nitrogens with zero attached hydrogens (tertiary/aromatic N) is 1. The number of pyridine rings is 1. The highest BCUT2D eigenvalue weighted by atomic mass is 16.5. The number of aromatic nitrogens is 1. The summed E-state index contributed by atoms with van der Waals surface area (Å²) in [5.74, 6) is 0.779. The van der Waals surface area contributed by atoms with Crippen molar-refractivity contribution in [3.8, 4) is 17.0 Å². The Balaban J connectivity index is 2.53. The normalized spacial score (nSPS) is 12.2. The lowest BCUT2D eigenvalue weighted by molar-refractivity contribution is 0.186. The second-order valence-corrected chi connectivity index (χ2v) is 5.14. The van der Waals surface area contributed by atoms with E-state index in [1.165, 1.54) is 0 Å². The summed E-state index contributed by atoms with van der Waals surface area (Å²) in [7, 11) is 3.24. The summed E-state index contributed by atoms with van der Waals surface area (Å²) < 4.78 is 12.0. The Bertz CT molecular complexity index is 675. The van der Waals surface area contributed by atoms with Gasteiger partial charge in [0.15, 0.2) is 0 Å². The van der Waals surface area contributed by atoms with Crippen LogP contribution in [0.3, 0.4) is 0 Å². The average Bonchev–Trinajstić information content (AvgIpc) is 2.53. The molecule has 0 aliphatic rings. The van der Waals surface area contributed by atoms with E-state index in [2.05, 4.69) is 0 Å². The molecule has 1 atom stereocenters. The first-order valence-electron chi connectivity index (χ1n) is 7.21. The minimum atomic E-state index is -0.300. The van der Waals surface area contributed by atoms with Gasteiger partial charge in [0, 0.05) is 25.3 Å². The minimum Gasteiger partial charge on any atom is -0.497 e. The fraction of sp³-hybridized carbons (Fsp3) is 0.353. The standard InChI is InChI=1S/C17H22N2O3/c1-12(18)15-8-9-16(19(17(15)20)10-11-21-2)13-4-6-14(22-3)7-5-13/h4-9,12H,10-11,18H2,1-3H3. The molecule has 1 aromatic carbocycles. The SMILES string of the molecule is COCCn1c(-c2ccc(OC)cc2)ccc(C(C)N)c1=O. The van der Waals surface area contributed by atoms with Crippen LogP contribution in [0.15, 0.2) is 41.2 Å². The van der Waals surface area contributed by atoms with Crippen LogP contribution in [-0.4, -0.2) is 25.4 Å². The Morgan fingerprint density at radius 1 is 1.14 bits per heavy atom. The lowest BCUT2D eigenvalue weighted by atomic mass is 10.1. The molecule has 0 aliphatic carbocycles. The molecule has 2 N–H and O–H groups in total. The monoisotopic (exact) mass is 302 g/mol. The molecule has 0 aliphatic heterocycles. The minimum absolute atomic E-state index is 0.0691. The third-order valence-electron chi connectivity index (χ3n) is 3.60. The number of hydrogen-bond acceptors (Lipinski definition) is 4. The lowest BCUT2D eigenvalue weighted by Crippen LogP contribution is -2.29. The van der Waals surface area contributed by atoms with E-state index in [9.17, 15) is 4.79 Å². The van der Waals surface area contributed by atoms with Crippen LogP contribution in [0.25, 0.3) is 11.3 Å². The summed E-state index contributed by atoms with van der Waals surface area (Å²) in [4.78, 5) is 12.6. The van der Waals surface area contributed by atoms with Gasteiger partial charge in [-0.15, -0.1) is 0 Å². The molecule has 2 aromatic rings. The molecule has 0 amide bonds. The van der Waals surface area contributed by atoms with Gasteiger partial charge >= 0.3 is 0 Å². The van der Waals surface area contributed by atoms with Gasteiger partial charge in [0.1, 0.15) is 5.75 Å². The van der Waals surface area contributed by atoms with Crippen molar-refractivity contribution >= 4 is 0 Å². The van der Waals surface area contributed by atoms with Crippen molar-refractivity contribution in [3.05, 3.63) is 52.3 Å². The third-order valence-corrected chi connectivity index (χ3v) is 3.60. The molecule has 0 bridgehead atoms.